The third-order valence-electron chi connectivity index (χ3n) is 4.06. The van der Waals surface area contributed by atoms with Gasteiger partial charge in [-0.05, 0) is 39.0 Å². The zero-order valence-electron chi connectivity index (χ0n) is 12.4. The number of aliphatic hydroxyl groups is 1. The van der Waals surface area contributed by atoms with Crippen LogP contribution in [0.25, 0.3) is 0 Å². The van der Waals surface area contributed by atoms with Crippen LogP contribution in [-0.4, -0.2) is 67.1 Å². The summed E-state index contributed by atoms with van der Waals surface area (Å²) in [5.41, 5.74) is 0. The third kappa shape index (κ3) is 3.71. The first-order valence-electron chi connectivity index (χ1n) is 7.45. The number of aliphatic hydroxyl groups excluding tert-OH is 1. The number of ether oxygens (including phenoxy) is 1. The van der Waals surface area contributed by atoms with Gasteiger partial charge in [-0.2, -0.15) is 17.0 Å². The van der Waals surface area contributed by atoms with E-state index in [1.807, 2.05) is 13.8 Å². The van der Waals surface area contributed by atoms with E-state index in [0.717, 1.165) is 12.8 Å². The van der Waals surface area contributed by atoms with E-state index >= 15 is 0 Å². The molecule has 118 valence electrons. The quantitative estimate of drug-likeness (QED) is 0.818. The Hall–Kier alpha value is -0.210. The molecule has 2 aliphatic heterocycles. The van der Waals surface area contributed by atoms with Gasteiger partial charge in [0.1, 0.15) is 0 Å². The Labute approximate surface area is 121 Å². The predicted molar refractivity (Wildman–Crippen MR) is 76.5 cm³/mol. The zero-order valence-corrected chi connectivity index (χ0v) is 13.2. The molecule has 3 unspecified atom stereocenters. The molecular weight excluding hydrogens is 280 g/mol. The van der Waals surface area contributed by atoms with E-state index in [4.69, 9.17) is 9.84 Å². The molecule has 3 atom stereocenters. The van der Waals surface area contributed by atoms with Crippen LogP contribution in [0, 0.1) is 5.92 Å². The first-order chi connectivity index (χ1) is 9.43. The highest BCUT2D eigenvalue weighted by Gasteiger charge is 2.37. The highest BCUT2D eigenvalue weighted by molar-refractivity contribution is 7.86. The van der Waals surface area contributed by atoms with Gasteiger partial charge in [0.2, 0.25) is 0 Å². The molecule has 0 bridgehead atoms. The Morgan fingerprint density at radius 1 is 1.15 bits per heavy atom. The fourth-order valence-corrected chi connectivity index (χ4v) is 5.02. The number of morpholine rings is 1. The van der Waals surface area contributed by atoms with Gasteiger partial charge in [0.05, 0.1) is 12.2 Å². The van der Waals surface area contributed by atoms with Crippen molar-refractivity contribution in [2.45, 2.75) is 45.3 Å². The zero-order chi connectivity index (χ0) is 14.8. The van der Waals surface area contributed by atoms with Crippen molar-refractivity contribution in [1.82, 2.24) is 8.61 Å². The molecule has 0 amide bonds. The second-order valence-corrected chi connectivity index (χ2v) is 7.89. The summed E-state index contributed by atoms with van der Waals surface area (Å²) in [7, 11) is -3.40. The third-order valence-corrected chi connectivity index (χ3v) is 5.99. The highest BCUT2D eigenvalue weighted by Crippen LogP contribution is 2.25. The van der Waals surface area contributed by atoms with E-state index in [2.05, 4.69) is 0 Å². The van der Waals surface area contributed by atoms with Crippen LogP contribution in [0.4, 0.5) is 0 Å². The van der Waals surface area contributed by atoms with E-state index in [1.165, 1.54) is 0 Å². The molecule has 6 nitrogen and oxygen atoms in total. The molecule has 2 saturated heterocycles. The number of hydrogen-bond acceptors (Lipinski definition) is 4. The molecule has 0 aromatic rings. The van der Waals surface area contributed by atoms with Gasteiger partial charge in [0, 0.05) is 32.8 Å². The Balaban J connectivity index is 2.05. The van der Waals surface area contributed by atoms with Crippen LogP contribution in [0.2, 0.25) is 0 Å². The molecule has 0 saturated carbocycles. The Bertz CT molecular complexity index is 403. The van der Waals surface area contributed by atoms with Gasteiger partial charge in [-0.25, -0.2) is 0 Å². The van der Waals surface area contributed by atoms with Gasteiger partial charge >= 0.3 is 0 Å². The second kappa shape index (κ2) is 6.70. The lowest BCUT2D eigenvalue weighted by molar-refractivity contribution is -0.0457. The Morgan fingerprint density at radius 3 is 2.40 bits per heavy atom. The van der Waals surface area contributed by atoms with E-state index in [0.29, 0.717) is 32.6 Å². The topological polar surface area (TPSA) is 70.1 Å². The Kier molecular flexibility index (Phi) is 5.42. The minimum atomic E-state index is -3.40. The average Bonchev–Trinajstić information content (AvgIpc) is 2.38. The summed E-state index contributed by atoms with van der Waals surface area (Å²) in [6, 6.07) is 0. The van der Waals surface area contributed by atoms with Crippen LogP contribution < -0.4 is 0 Å². The van der Waals surface area contributed by atoms with Crippen molar-refractivity contribution in [2.24, 2.45) is 5.92 Å². The second-order valence-electron chi connectivity index (χ2n) is 5.96. The number of piperidine rings is 1. The van der Waals surface area contributed by atoms with E-state index in [9.17, 15) is 8.42 Å². The highest BCUT2D eigenvalue weighted by atomic mass is 32.2. The molecule has 0 aromatic heterocycles. The molecule has 2 aliphatic rings. The normalized spacial score (nSPS) is 34.2. The lowest BCUT2D eigenvalue weighted by atomic mass is 9.97. The molecule has 7 heteroatoms. The summed E-state index contributed by atoms with van der Waals surface area (Å²) in [6.07, 6.45) is 2.43. The molecule has 0 aliphatic carbocycles. The van der Waals surface area contributed by atoms with Crippen LogP contribution in [0.3, 0.4) is 0 Å². The van der Waals surface area contributed by atoms with E-state index in [-0.39, 0.29) is 24.7 Å². The molecule has 0 radical (unpaired) electrons. The minimum absolute atomic E-state index is 0.0634. The van der Waals surface area contributed by atoms with Gasteiger partial charge in [-0.1, -0.05) is 0 Å². The summed E-state index contributed by atoms with van der Waals surface area (Å²) in [6.45, 7) is 5.91. The molecule has 2 rings (SSSR count). The fourth-order valence-electron chi connectivity index (χ4n) is 3.14. The largest absolute Gasteiger partial charge is 0.396 e. The molecule has 0 aromatic carbocycles. The van der Waals surface area contributed by atoms with E-state index < -0.39 is 10.2 Å². The standard InChI is InChI=1S/C13H26N2O4S/c1-11-8-15(9-12(2)19-11)20(17,18)14-6-3-4-13(10-14)5-7-16/h11-13,16H,3-10H2,1-2H3. The van der Waals surface area contributed by atoms with Crippen LogP contribution >= 0.6 is 0 Å². The lowest BCUT2D eigenvalue weighted by Gasteiger charge is -2.39. The van der Waals surface area contributed by atoms with Crippen molar-refractivity contribution in [1.29, 1.82) is 0 Å². The van der Waals surface area contributed by atoms with E-state index in [1.54, 1.807) is 8.61 Å². The van der Waals surface area contributed by atoms with Crippen molar-refractivity contribution < 1.29 is 18.3 Å². The maximum atomic E-state index is 12.7. The summed E-state index contributed by atoms with van der Waals surface area (Å²) < 4.78 is 34.2. The van der Waals surface area contributed by atoms with Gasteiger partial charge in [0.15, 0.2) is 0 Å². The molecule has 0 spiro atoms. The van der Waals surface area contributed by atoms with Gasteiger partial charge in [-0.15, -0.1) is 0 Å². The first kappa shape index (κ1) is 16.2. The summed E-state index contributed by atoms with van der Waals surface area (Å²) in [5.74, 6) is 0.277. The van der Waals surface area contributed by atoms with Crippen LogP contribution in [0.15, 0.2) is 0 Å². The summed E-state index contributed by atoms with van der Waals surface area (Å²) in [5, 5.41) is 9.03. The summed E-state index contributed by atoms with van der Waals surface area (Å²) >= 11 is 0. The van der Waals surface area contributed by atoms with Crippen molar-refractivity contribution in [2.75, 3.05) is 32.8 Å². The number of nitrogens with zero attached hydrogens (tertiary/aromatic N) is 2. The average molecular weight is 306 g/mol. The van der Waals surface area contributed by atoms with Crippen molar-refractivity contribution in [3.05, 3.63) is 0 Å². The fraction of sp³-hybridized carbons (Fsp3) is 1.00. The van der Waals surface area contributed by atoms with Gasteiger partial charge in [-0.3, -0.25) is 0 Å². The smallest absolute Gasteiger partial charge is 0.282 e. The maximum absolute atomic E-state index is 12.7. The van der Waals surface area contributed by atoms with Crippen LogP contribution in [-0.2, 0) is 14.9 Å². The summed E-state index contributed by atoms with van der Waals surface area (Å²) in [4.78, 5) is 0. The predicted octanol–water partition coefficient (Wildman–Crippen LogP) is 0.435. The molecule has 2 heterocycles. The number of hydrogen-bond donors (Lipinski definition) is 1. The SMILES string of the molecule is CC1CN(S(=O)(=O)N2CCCC(CCO)C2)CC(C)O1. The molecule has 1 N–H and O–H groups in total. The van der Waals surface area contributed by atoms with Gasteiger partial charge < -0.3 is 9.84 Å². The maximum Gasteiger partial charge on any atom is 0.282 e. The molecular formula is C13H26N2O4S. The van der Waals surface area contributed by atoms with Crippen molar-refractivity contribution in [3.8, 4) is 0 Å². The monoisotopic (exact) mass is 306 g/mol. The lowest BCUT2D eigenvalue weighted by Crippen LogP contribution is -2.54. The minimum Gasteiger partial charge on any atom is -0.396 e. The van der Waals surface area contributed by atoms with Crippen molar-refractivity contribution in [3.63, 3.8) is 0 Å². The van der Waals surface area contributed by atoms with Crippen LogP contribution in [0.1, 0.15) is 33.1 Å². The van der Waals surface area contributed by atoms with Crippen LogP contribution in [0.5, 0.6) is 0 Å². The molecule has 2 fully saturated rings. The molecule has 20 heavy (non-hydrogen) atoms. The van der Waals surface area contributed by atoms with Crippen molar-refractivity contribution >= 4 is 10.2 Å². The van der Waals surface area contributed by atoms with Gasteiger partial charge in [0.25, 0.3) is 10.2 Å². The number of rotatable bonds is 4. The Morgan fingerprint density at radius 2 is 1.80 bits per heavy atom. The first-order valence-corrected chi connectivity index (χ1v) is 8.84.